The molecule has 5 nitrogen and oxygen atoms in total. The van der Waals surface area contributed by atoms with Crippen molar-refractivity contribution in [2.75, 3.05) is 0 Å². The van der Waals surface area contributed by atoms with E-state index in [-0.39, 0.29) is 0 Å². The van der Waals surface area contributed by atoms with Crippen molar-refractivity contribution in [2.24, 2.45) is 0 Å². The van der Waals surface area contributed by atoms with Gasteiger partial charge in [0.15, 0.2) is 5.69 Å². The van der Waals surface area contributed by atoms with Crippen molar-refractivity contribution in [3.63, 3.8) is 0 Å². The molecule has 378 valence electrons. The number of fused-ring (bicyclic) bond motifs is 6. The summed E-state index contributed by atoms with van der Waals surface area (Å²) in [5.74, 6) is 0.474. The summed E-state index contributed by atoms with van der Waals surface area (Å²) in [6.45, 7) is 17.8. The Labute approximate surface area is 465 Å². The second kappa shape index (κ2) is 19.6. The van der Waals surface area contributed by atoms with Gasteiger partial charge in [-0.3, -0.25) is 0 Å². The molecule has 0 saturated heterocycles. The predicted molar refractivity (Wildman–Crippen MR) is 334 cm³/mol. The number of aromatic nitrogens is 4. The van der Waals surface area contributed by atoms with Gasteiger partial charge in [0.05, 0.1) is 51.4 Å². The Morgan fingerprint density at radius 2 is 0.613 bits per heavy atom. The predicted octanol–water partition coefficient (Wildman–Crippen LogP) is 20.1. The molecule has 0 amide bonds. The van der Waals surface area contributed by atoms with E-state index >= 15 is 0 Å². The van der Waals surface area contributed by atoms with Crippen LogP contribution in [0.15, 0.2) is 249 Å². The van der Waals surface area contributed by atoms with E-state index in [4.69, 9.17) is 16.5 Å². The van der Waals surface area contributed by atoms with Crippen molar-refractivity contribution < 1.29 is 0 Å². The SMILES string of the molecule is [C-]#[N+]c1cc(-n2c3ccc(-c4ccccc4C)cc3c3cc(-c4ccccc4C)ccc32)c(-n2c3ccc(-c4ccccc4C)cc3c3cc(-c4ccccc4C)ccc32)cc1-c1nc(-c2ccccc2)cc(-c2ccccc2)n1. The molecule has 0 saturated carbocycles. The van der Waals surface area contributed by atoms with Crippen LogP contribution in [0.4, 0.5) is 5.69 Å². The average molecular weight is 1020 g/mol. The fourth-order valence-electron chi connectivity index (χ4n) is 12.1. The monoisotopic (exact) mass is 1020 g/mol. The van der Waals surface area contributed by atoms with Gasteiger partial charge < -0.3 is 9.13 Å². The summed E-state index contributed by atoms with van der Waals surface area (Å²) in [6, 6.07) is 88.9. The van der Waals surface area contributed by atoms with Crippen LogP contribution in [0.3, 0.4) is 0 Å². The van der Waals surface area contributed by atoms with Gasteiger partial charge in [0.1, 0.15) is 5.82 Å². The van der Waals surface area contributed by atoms with E-state index in [0.29, 0.717) is 17.1 Å². The number of hydrogen-bond acceptors (Lipinski definition) is 2. The van der Waals surface area contributed by atoms with Crippen LogP contribution >= 0.6 is 0 Å². The van der Waals surface area contributed by atoms with Crippen molar-refractivity contribution in [3.8, 4) is 89.8 Å². The van der Waals surface area contributed by atoms with Crippen molar-refractivity contribution >= 4 is 49.3 Å². The number of aryl methyl sites for hydroxylation is 4. The standard InChI is InChI=1S/C75H53N5/c1-47-20-12-16-28-57(47)53-32-36-69-61(40-53)62-41-54(58-29-17-13-21-48(58)2)33-37-70(62)79(69)73-44-65(75-77-66(51-24-8-6-9-25-51)45-67(78-75)52-26-10-7-11-27-52)68(76-5)46-74(73)80-71-38-34-55(59-30-18-14-22-49(59)3)42-63(71)64-43-56(35-39-72(64)80)60-31-19-15-23-50(60)4/h6-46H,1-4H3. The normalized spacial score (nSPS) is 11.5. The first-order chi connectivity index (χ1) is 39.3. The van der Waals surface area contributed by atoms with Gasteiger partial charge in [0.2, 0.25) is 0 Å². The zero-order valence-corrected chi connectivity index (χ0v) is 44.9. The van der Waals surface area contributed by atoms with Gasteiger partial charge in [-0.15, -0.1) is 0 Å². The van der Waals surface area contributed by atoms with Crippen LogP contribution in [-0.4, -0.2) is 19.1 Å². The lowest BCUT2D eigenvalue weighted by molar-refractivity contribution is 1.09. The van der Waals surface area contributed by atoms with Crippen molar-refractivity contribution in [1.82, 2.24) is 19.1 Å². The fraction of sp³-hybridized carbons (Fsp3) is 0.0533. The minimum atomic E-state index is 0.445. The summed E-state index contributed by atoms with van der Waals surface area (Å²) in [5.41, 5.74) is 24.7. The molecule has 0 radical (unpaired) electrons. The van der Waals surface area contributed by atoms with Gasteiger partial charge in [-0.25, -0.2) is 14.8 Å². The zero-order valence-electron chi connectivity index (χ0n) is 44.9. The number of rotatable bonds is 9. The quantitative estimate of drug-likeness (QED) is 0.135. The second-order valence-electron chi connectivity index (χ2n) is 21.0. The van der Waals surface area contributed by atoms with Gasteiger partial charge in [-0.05, 0) is 161 Å². The molecular formula is C75H53N5. The Morgan fingerprint density at radius 3 is 0.938 bits per heavy atom. The highest BCUT2D eigenvalue weighted by Gasteiger charge is 2.25. The lowest BCUT2D eigenvalue weighted by atomic mass is 9.97. The summed E-state index contributed by atoms with van der Waals surface area (Å²) < 4.78 is 4.81. The lowest BCUT2D eigenvalue weighted by Crippen LogP contribution is -2.05. The van der Waals surface area contributed by atoms with Crippen LogP contribution in [-0.2, 0) is 0 Å². The Kier molecular flexibility index (Phi) is 11.7. The van der Waals surface area contributed by atoms with Crippen LogP contribution < -0.4 is 0 Å². The third-order valence-corrected chi connectivity index (χ3v) is 16.2. The smallest absolute Gasteiger partial charge is 0.200 e. The molecule has 14 aromatic rings. The van der Waals surface area contributed by atoms with Crippen molar-refractivity contribution in [1.29, 1.82) is 0 Å². The molecule has 0 spiro atoms. The summed E-state index contributed by atoms with van der Waals surface area (Å²) in [5, 5.41) is 4.49. The van der Waals surface area contributed by atoms with Crippen LogP contribution in [0.25, 0.3) is 138 Å². The summed E-state index contributed by atoms with van der Waals surface area (Å²) in [7, 11) is 0. The third-order valence-electron chi connectivity index (χ3n) is 16.2. The van der Waals surface area contributed by atoms with Crippen LogP contribution in [0, 0.1) is 34.3 Å². The Morgan fingerprint density at radius 1 is 0.300 bits per heavy atom. The van der Waals surface area contributed by atoms with E-state index in [1.165, 1.54) is 44.5 Å². The Bertz CT molecular complexity index is 4560. The fourth-order valence-corrected chi connectivity index (χ4v) is 12.1. The van der Waals surface area contributed by atoms with E-state index in [1.807, 2.05) is 36.4 Å². The first-order valence-electron chi connectivity index (χ1n) is 27.2. The van der Waals surface area contributed by atoms with Gasteiger partial charge in [-0.2, -0.15) is 0 Å². The minimum absolute atomic E-state index is 0.445. The lowest BCUT2D eigenvalue weighted by Gasteiger charge is -2.20. The topological polar surface area (TPSA) is 40.0 Å². The summed E-state index contributed by atoms with van der Waals surface area (Å²) in [4.78, 5) is 15.2. The molecule has 0 aliphatic heterocycles. The van der Waals surface area contributed by atoms with E-state index in [9.17, 15) is 0 Å². The van der Waals surface area contributed by atoms with E-state index in [2.05, 4.69) is 254 Å². The molecular weight excluding hydrogens is 971 g/mol. The highest BCUT2D eigenvalue weighted by atomic mass is 15.1. The second-order valence-corrected chi connectivity index (χ2v) is 21.0. The Hall–Kier alpha value is -10.4. The molecule has 0 aliphatic carbocycles. The van der Waals surface area contributed by atoms with Crippen LogP contribution in [0.1, 0.15) is 22.3 Å². The largest absolute Gasteiger partial charge is 0.308 e. The average Bonchev–Trinajstić information content (AvgIpc) is 3.84. The minimum Gasteiger partial charge on any atom is -0.308 e. The first kappa shape index (κ1) is 48.0. The molecule has 0 bridgehead atoms. The van der Waals surface area contributed by atoms with Crippen LogP contribution in [0.2, 0.25) is 0 Å². The molecule has 11 aromatic carbocycles. The maximum atomic E-state index is 9.11. The molecule has 3 heterocycles. The maximum absolute atomic E-state index is 9.11. The summed E-state index contributed by atoms with van der Waals surface area (Å²) in [6.07, 6.45) is 0. The molecule has 14 rings (SSSR count). The highest BCUT2D eigenvalue weighted by Crippen LogP contribution is 2.46. The van der Waals surface area contributed by atoms with E-state index < -0.39 is 0 Å². The molecule has 0 aliphatic rings. The molecule has 0 fully saturated rings. The van der Waals surface area contributed by atoms with Gasteiger partial charge in [0, 0.05) is 38.2 Å². The number of benzene rings is 11. The highest BCUT2D eigenvalue weighted by molar-refractivity contribution is 6.14. The molecule has 0 N–H and O–H groups in total. The zero-order chi connectivity index (χ0) is 54.0. The molecule has 0 unspecified atom stereocenters. The molecule has 80 heavy (non-hydrogen) atoms. The maximum Gasteiger partial charge on any atom is 0.200 e. The van der Waals surface area contributed by atoms with Gasteiger partial charge >= 0.3 is 0 Å². The van der Waals surface area contributed by atoms with Gasteiger partial charge in [0.25, 0.3) is 0 Å². The van der Waals surface area contributed by atoms with E-state index in [1.54, 1.807) is 0 Å². The van der Waals surface area contributed by atoms with Gasteiger partial charge in [-0.1, -0.05) is 182 Å². The van der Waals surface area contributed by atoms with Crippen molar-refractivity contribution in [2.45, 2.75) is 27.7 Å². The molecule has 0 atom stereocenters. The summed E-state index contributed by atoms with van der Waals surface area (Å²) >= 11 is 0. The molecule has 5 heteroatoms. The number of hydrogen-bond donors (Lipinski definition) is 0. The van der Waals surface area contributed by atoms with E-state index in [0.717, 1.165) is 99.8 Å². The first-order valence-corrected chi connectivity index (χ1v) is 27.2. The number of nitrogens with zero attached hydrogens (tertiary/aromatic N) is 5. The molecule has 3 aromatic heterocycles. The van der Waals surface area contributed by atoms with Crippen molar-refractivity contribution in [3.05, 3.63) is 282 Å². The Balaban J connectivity index is 1.12. The third kappa shape index (κ3) is 8.16. The van der Waals surface area contributed by atoms with Crippen LogP contribution in [0.5, 0.6) is 0 Å².